The molecule has 0 spiro atoms. The highest BCUT2D eigenvalue weighted by atomic mass is 35.5. The molecule has 1 aliphatic heterocycles. The normalized spacial score (nSPS) is 16.7. The van der Waals surface area contributed by atoms with E-state index in [1.807, 2.05) is 48.4 Å². The lowest BCUT2D eigenvalue weighted by Gasteiger charge is -2.35. The van der Waals surface area contributed by atoms with Gasteiger partial charge in [0.05, 0.1) is 11.4 Å². The van der Waals surface area contributed by atoms with Crippen LogP contribution < -0.4 is 0 Å². The topological polar surface area (TPSA) is 80.6 Å². The third-order valence-corrected chi connectivity index (χ3v) is 6.20. The molecule has 0 radical (unpaired) electrons. The maximum absolute atomic E-state index is 12.9. The number of amides is 2. The van der Waals surface area contributed by atoms with E-state index >= 15 is 0 Å². The first-order chi connectivity index (χ1) is 15.1. The largest absolute Gasteiger partial charge is 0.444 e. The van der Waals surface area contributed by atoms with Gasteiger partial charge in [-0.2, -0.15) is 0 Å². The number of carbonyl (C=O) groups is 2. The van der Waals surface area contributed by atoms with Crippen LogP contribution in [-0.2, 0) is 9.53 Å². The van der Waals surface area contributed by atoms with E-state index in [1.165, 1.54) is 11.8 Å². The summed E-state index contributed by atoms with van der Waals surface area (Å²) in [5.41, 5.74) is 0.323. The second-order valence-corrected chi connectivity index (χ2v) is 10.3. The summed E-state index contributed by atoms with van der Waals surface area (Å²) in [5.74, 6) is 0.555. The molecule has 174 valence electrons. The highest BCUT2D eigenvalue weighted by Gasteiger charge is 2.27. The van der Waals surface area contributed by atoms with Crippen molar-refractivity contribution in [3.8, 4) is 5.69 Å². The Kier molecular flexibility index (Phi) is 8.05. The van der Waals surface area contributed by atoms with Gasteiger partial charge in [-0.15, -0.1) is 10.2 Å². The van der Waals surface area contributed by atoms with Gasteiger partial charge < -0.3 is 14.5 Å². The molecule has 32 heavy (non-hydrogen) atoms. The second-order valence-electron chi connectivity index (χ2n) is 8.96. The summed E-state index contributed by atoms with van der Waals surface area (Å²) in [5, 5.41) is 9.39. The Bertz CT molecular complexity index is 946. The zero-order valence-electron chi connectivity index (χ0n) is 19.0. The number of carbonyl (C=O) groups excluding carboxylic acids is 2. The summed E-state index contributed by atoms with van der Waals surface area (Å²) in [7, 11) is 1.74. The van der Waals surface area contributed by atoms with Crippen LogP contribution in [0.2, 0.25) is 5.02 Å². The molecular formula is C22H30ClN5O3S. The van der Waals surface area contributed by atoms with Gasteiger partial charge in [-0.25, -0.2) is 4.79 Å². The third-order valence-electron chi connectivity index (χ3n) is 5.04. The summed E-state index contributed by atoms with van der Waals surface area (Å²) in [6.07, 6.45) is 3.17. The zero-order chi connectivity index (χ0) is 23.3. The van der Waals surface area contributed by atoms with Crippen LogP contribution in [0.1, 0.15) is 33.6 Å². The molecule has 1 aromatic carbocycles. The van der Waals surface area contributed by atoms with E-state index in [4.69, 9.17) is 16.3 Å². The number of benzene rings is 1. The van der Waals surface area contributed by atoms with Crippen molar-refractivity contribution in [1.29, 1.82) is 0 Å². The molecule has 1 aromatic heterocycles. The predicted molar refractivity (Wildman–Crippen MR) is 125 cm³/mol. The Labute approximate surface area is 198 Å². The molecule has 2 aromatic rings. The monoisotopic (exact) mass is 479 g/mol. The van der Waals surface area contributed by atoms with Crippen molar-refractivity contribution in [3.05, 3.63) is 35.6 Å². The molecule has 1 unspecified atom stereocenters. The van der Waals surface area contributed by atoms with Crippen LogP contribution in [0.25, 0.3) is 5.69 Å². The summed E-state index contributed by atoms with van der Waals surface area (Å²) in [6, 6.07) is 7.41. The van der Waals surface area contributed by atoms with Gasteiger partial charge in [-0.3, -0.25) is 9.36 Å². The lowest BCUT2D eigenvalue weighted by Crippen LogP contribution is -2.45. The average molecular weight is 480 g/mol. The predicted octanol–water partition coefficient (Wildman–Crippen LogP) is 4.12. The Morgan fingerprint density at radius 1 is 1.34 bits per heavy atom. The molecule has 0 N–H and O–H groups in total. The van der Waals surface area contributed by atoms with Crippen molar-refractivity contribution in [2.75, 3.05) is 32.4 Å². The Balaban J connectivity index is 1.53. The van der Waals surface area contributed by atoms with Crippen molar-refractivity contribution < 1.29 is 14.3 Å². The fourth-order valence-corrected chi connectivity index (χ4v) is 4.60. The van der Waals surface area contributed by atoms with Crippen LogP contribution in [-0.4, -0.2) is 74.6 Å². The number of nitrogens with zero attached hydrogens (tertiary/aromatic N) is 5. The molecule has 1 atom stereocenters. The standard InChI is InChI=1S/C22H30ClN5O3S/c1-22(2,3)31-21(30)26(4)12-16-7-6-10-27(13-16)19(29)14-32-20-25-24-15-28(20)18-9-5-8-17(23)11-18/h5,8-9,11,15-16H,6-7,10,12-14H2,1-4H3. The Hall–Kier alpha value is -2.26. The van der Waals surface area contributed by atoms with Crippen molar-refractivity contribution in [2.45, 2.75) is 44.4 Å². The highest BCUT2D eigenvalue weighted by molar-refractivity contribution is 7.99. The molecule has 0 bridgehead atoms. The Morgan fingerprint density at radius 2 is 2.12 bits per heavy atom. The quantitative estimate of drug-likeness (QED) is 0.580. The van der Waals surface area contributed by atoms with Gasteiger partial charge in [0.15, 0.2) is 5.16 Å². The van der Waals surface area contributed by atoms with Gasteiger partial charge in [0.2, 0.25) is 5.91 Å². The lowest BCUT2D eigenvalue weighted by atomic mass is 9.97. The fraction of sp³-hybridized carbons (Fsp3) is 0.545. The molecule has 10 heteroatoms. The van der Waals surface area contributed by atoms with E-state index in [2.05, 4.69) is 10.2 Å². The van der Waals surface area contributed by atoms with Crippen molar-refractivity contribution in [3.63, 3.8) is 0 Å². The van der Waals surface area contributed by atoms with Crippen LogP contribution in [0.15, 0.2) is 35.7 Å². The maximum Gasteiger partial charge on any atom is 0.410 e. The number of ether oxygens (including phenoxy) is 1. The van der Waals surface area contributed by atoms with Gasteiger partial charge in [-0.05, 0) is 57.7 Å². The average Bonchev–Trinajstić information content (AvgIpc) is 3.19. The minimum atomic E-state index is -0.525. The van der Waals surface area contributed by atoms with E-state index in [0.717, 1.165) is 25.1 Å². The van der Waals surface area contributed by atoms with Crippen molar-refractivity contribution in [1.82, 2.24) is 24.6 Å². The molecule has 1 fully saturated rings. The van der Waals surface area contributed by atoms with Crippen molar-refractivity contribution in [2.24, 2.45) is 5.92 Å². The van der Waals surface area contributed by atoms with E-state index < -0.39 is 5.60 Å². The number of hydrogen-bond acceptors (Lipinski definition) is 6. The molecule has 1 aliphatic rings. The highest BCUT2D eigenvalue weighted by Crippen LogP contribution is 2.24. The van der Waals surface area contributed by atoms with Crippen molar-refractivity contribution >= 4 is 35.4 Å². The first kappa shape index (κ1) is 24.4. The Morgan fingerprint density at radius 3 is 2.84 bits per heavy atom. The van der Waals surface area contributed by atoms with E-state index in [1.54, 1.807) is 24.3 Å². The van der Waals surface area contributed by atoms with Crippen LogP contribution in [0, 0.1) is 5.92 Å². The SMILES string of the molecule is CN(CC1CCCN(C(=O)CSc2nncn2-c2cccc(Cl)c2)C1)C(=O)OC(C)(C)C. The molecule has 8 nitrogen and oxygen atoms in total. The number of hydrogen-bond donors (Lipinski definition) is 0. The van der Waals surface area contributed by atoms with Crippen LogP contribution in [0.3, 0.4) is 0 Å². The van der Waals surface area contributed by atoms with E-state index in [0.29, 0.717) is 23.3 Å². The second kappa shape index (κ2) is 10.6. The smallest absolute Gasteiger partial charge is 0.410 e. The van der Waals surface area contributed by atoms with Crippen LogP contribution in [0.4, 0.5) is 4.79 Å². The van der Waals surface area contributed by atoms with Gasteiger partial charge in [-0.1, -0.05) is 29.4 Å². The summed E-state index contributed by atoms with van der Waals surface area (Å²) in [6.45, 7) is 7.48. The minimum Gasteiger partial charge on any atom is -0.444 e. The molecule has 3 rings (SSSR count). The van der Waals surface area contributed by atoms with Gasteiger partial charge in [0.25, 0.3) is 0 Å². The number of aromatic nitrogens is 3. The molecular weight excluding hydrogens is 450 g/mol. The summed E-state index contributed by atoms with van der Waals surface area (Å²) < 4.78 is 7.25. The van der Waals surface area contributed by atoms with E-state index in [9.17, 15) is 9.59 Å². The number of piperidine rings is 1. The van der Waals surface area contributed by atoms with Crippen LogP contribution in [0.5, 0.6) is 0 Å². The lowest BCUT2D eigenvalue weighted by molar-refractivity contribution is -0.130. The summed E-state index contributed by atoms with van der Waals surface area (Å²) in [4.78, 5) is 28.6. The molecule has 0 aliphatic carbocycles. The number of rotatable bonds is 6. The number of halogens is 1. The molecule has 2 amide bonds. The summed E-state index contributed by atoms with van der Waals surface area (Å²) >= 11 is 7.44. The molecule has 0 saturated carbocycles. The fourth-order valence-electron chi connectivity index (χ4n) is 3.59. The zero-order valence-corrected chi connectivity index (χ0v) is 20.5. The molecule has 2 heterocycles. The van der Waals surface area contributed by atoms with Gasteiger partial charge in [0, 0.05) is 31.7 Å². The number of likely N-dealkylation sites (tertiary alicyclic amines) is 1. The maximum atomic E-state index is 12.9. The van der Waals surface area contributed by atoms with Gasteiger partial charge >= 0.3 is 6.09 Å². The van der Waals surface area contributed by atoms with Crippen LogP contribution >= 0.6 is 23.4 Å². The van der Waals surface area contributed by atoms with Gasteiger partial charge in [0.1, 0.15) is 11.9 Å². The minimum absolute atomic E-state index is 0.0558. The number of thioether (sulfide) groups is 1. The first-order valence-corrected chi connectivity index (χ1v) is 12.0. The first-order valence-electron chi connectivity index (χ1n) is 10.6. The third kappa shape index (κ3) is 6.87. The molecule has 1 saturated heterocycles. The van der Waals surface area contributed by atoms with E-state index in [-0.39, 0.29) is 23.7 Å².